The van der Waals surface area contributed by atoms with Crippen LogP contribution in [0.2, 0.25) is 0 Å². The highest BCUT2D eigenvalue weighted by Gasteiger charge is 2.55. The van der Waals surface area contributed by atoms with E-state index >= 15 is 0 Å². The number of likely N-dealkylation sites (tertiary alicyclic amines) is 1. The van der Waals surface area contributed by atoms with E-state index in [1.807, 2.05) is 6.92 Å². The van der Waals surface area contributed by atoms with Crippen molar-refractivity contribution in [1.82, 2.24) is 9.80 Å². The number of carbonyl (C=O) groups is 1. The fraction of sp³-hybridized carbons (Fsp3) is 0.500. The summed E-state index contributed by atoms with van der Waals surface area (Å²) in [5.41, 5.74) is 2.71. The minimum absolute atomic E-state index is 0.100. The molecular weight excluding hydrogens is 396 g/mol. The molecule has 5 rings (SSSR count). The molecule has 2 fully saturated rings. The maximum absolute atomic E-state index is 12.6. The molecule has 31 heavy (non-hydrogen) atoms. The first-order valence-corrected chi connectivity index (χ1v) is 11.0. The molecule has 1 aromatic heterocycles. The fourth-order valence-corrected chi connectivity index (χ4v) is 5.35. The van der Waals surface area contributed by atoms with Gasteiger partial charge in [0.05, 0.1) is 12.6 Å². The van der Waals surface area contributed by atoms with Crippen LogP contribution < -0.4 is 10.2 Å². The molecule has 1 unspecified atom stereocenters. The Balaban J connectivity index is 1.14. The third-order valence-electron chi connectivity index (χ3n) is 7.13. The Hall–Kier alpha value is -2.80. The summed E-state index contributed by atoms with van der Waals surface area (Å²) in [5.74, 6) is 1.24. The summed E-state index contributed by atoms with van der Waals surface area (Å²) in [6.45, 7) is 5.61. The van der Waals surface area contributed by atoms with Gasteiger partial charge in [0.2, 0.25) is 11.2 Å². The molecule has 1 atom stereocenters. The number of nitrogens with zero attached hydrogens (tertiary/aromatic N) is 2. The smallest absolute Gasteiger partial charge is 0.407 e. The fourth-order valence-electron chi connectivity index (χ4n) is 5.35. The maximum Gasteiger partial charge on any atom is 0.407 e. The summed E-state index contributed by atoms with van der Waals surface area (Å²) in [6.07, 6.45) is 3.39. The minimum Gasteiger partial charge on any atom is -0.483 e. The van der Waals surface area contributed by atoms with E-state index in [0.717, 1.165) is 32.4 Å². The van der Waals surface area contributed by atoms with Crippen molar-refractivity contribution in [3.8, 4) is 5.75 Å². The highest BCUT2D eigenvalue weighted by molar-refractivity contribution is 5.66. The molecule has 1 aromatic carbocycles. The molecule has 7 heteroatoms. The van der Waals surface area contributed by atoms with Gasteiger partial charge < -0.3 is 19.2 Å². The Kier molecular flexibility index (Phi) is 5.01. The van der Waals surface area contributed by atoms with E-state index in [2.05, 4.69) is 29.2 Å². The van der Waals surface area contributed by atoms with Crippen LogP contribution in [0.5, 0.6) is 5.75 Å². The van der Waals surface area contributed by atoms with Crippen molar-refractivity contribution in [2.45, 2.75) is 45.4 Å². The Morgan fingerprint density at radius 2 is 2.03 bits per heavy atom. The number of hydrogen-bond acceptors (Lipinski definition) is 5. The summed E-state index contributed by atoms with van der Waals surface area (Å²) in [4.78, 5) is 27.3. The van der Waals surface area contributed by atoms with Crippen molar-refractivity contribution in [2.24, 2.45) is 11.3 Å². The number of rotatable bonds is 5. The van der Waals surface area contributed by atoms with E-state index in [0.29, 0.717) is 31.3 Å². The second-order valence-corrected chi connectivity index (χ2v) is 9.43. The maximum atomic E-state index is 12.6. The number of fused-ring (bicyclic) bond motifs is 1. The van der Waals surface area contributed by atoms with Crippen LogP contribution >= 0.6 is 0 Å². The first kappa shape index (κ1) is 20.1. The topological polar surface area (TPSA) is 83.2 Å². The molecule has 7 nitrogen and oxygen atoms in total. The molecule has 1 saturated heterocycles. The number of ether oxygens (including phenoxy) is 1. The van der Waals surface area contributed by atoms with Crippen LogP contribution in [-0.4, -0.2) is 46.7 Å². The van der Waals surface area contributed by atoms with Gasteiger partial charge in [0.15, 0.2) is 0 Å². The molecule has 0 radical (unpaired) electrons. The predicted octanol–water partition coefficient (Wildman–Crippen LogP) is 3.36. The third kappa shape index (κ3) is 3.94. The molecule has 3 aliphatic rings. The molecule has 2 aliphatic heterocycles. The van der Waals surface area contributed by atoms with Crippen molar-refractivity contribution >= 4 is 6.09 Å². The van der Waals surface area contributed by atoms with Gasteiger partial charge in [-0.15, -0.1) is 0 Å². The lowest BCUT2D eigenvalue weighted by atomic mass is 9.56. The summed E-state index contributed by atoms with van der Waals surface area (Å²) < 4.78 is 11.7. The van der Waals surface area contributed by atoms with Crippen LogP contribution in [0.4, 0.5) is 4.79 Å². The largest absolute Gasteiger partial charge is 0.483 e. The average Bonchev–Trinajstić information content (AvgIpc) is 2.67. The van der Waals surface area contributed by atoms with Gasteiger partial charge in [0.25, 0.3) is 0 Å². The van der Waals surface area contributed by atoms with E-state index in [1.165, 1.54) is 22.3 Å². The van der Waals surface area contributed by atoms with Crippen molar-refractivity contribution in [1.29, 1.82) is 0 Å². The summed E-state index contributed by atoms with van der Waals surface area (Å²) in [5, 5.41) is 9.01. The second kappa shape index (κ2) is 7.71. The SMILES string of the molecule is CC(Oc1coc(CN2CCc3ccccc3C2)cc1=O)C1CC2(C1)CN(C(=O)O)C2. The average molecular weight is 424 g/mol. The third-order valence-corrected chi connectivity index (χ3v) is 7.13. The molecule has 1 saturated carbocycles. The molecular formula is C24H28N2O5. The Bertz CT molecular complexity index is 1030. The van der Waals surface area contributed by atoms with Crippen LogP contribution in [0.15, 0.2) is 45.8 Å². The first-order valence-electron chi connectivity index (χ1n) is 11.0. The van der Waals surface area contributed by atoms with Gasteiger partial charge in [-0.3, -0.25) is 9.69 Å². The van der Waals surface area contributed by atoms with Crippen LogP contribution in [0.25, 0.3) is 0 Å². The van der Waals surface area contributed by atoms with Crippen molar-refractivity contribution in [3.63, 3.8) is 0 Å². The van der Waals surface area contributed by atoms with Crippen LogP contribution in [0.1, 0.15) is 36.7 Å². The van der Waals surface area contributed by atoms with E-state index in [9.17, 15) is 9.59 Å². The zero-order chi connectivity index (χ0) is 21.6. The number of amides is 1. The van der Waals surface area contributed by atoms with Crippen LogP contribution in [0, 0.1) is 11.3 Å². The van der Waals surface area contributed by atoms with Gasteiger partial charge in [-0.2, -0.15) is 0 Å². The molecule has 1 spiro atoms. The summed E-state index contributed by atoms with van der Waals surface area (Å²) in [6, 6.07) is 10.0. The van der Waals surface area contributed by atoms with Gasteiger partial charge >= 0.3 is 6.09 Å². The zero-order valence-corrected chi connectivity index (χ0v) is 17.8. The van der Waals surface area contributed by atoms with E-state index < -0.39 is 6.09 Å². The van der Waals surface area contributed by atoms with Crippen LogP contribution in [0.3, 0.4) is 0 Å². The minimum atomic E-state index is -0.843. The molecule has 1 amide bonds. The van der Waals surface area contributed by atoms with Gasteiger partial charge in [-0.1, -0.05) is 24.3 Å². The zero-order valence-electron chi connectivity index (χ0n) is 17.8. The van der Waals surface area contributed by atoms with Crippen molar-refractivity contribution in [3.05, 3.63) is 63.7 Å². The number of carboxylic acid groups (broad SMARTS) is 1. The highest BCUT2D eigenvalue weighted by Crippen LogP contribution is 2.53. The van der Waals surface area contributed by atoms with Gasteiger partial charge in [-0.05, 0) is 43.2 Å². The Labute approximate surface area is 181 Å². The molecule has 3 heterocycles. The van der Waals surface area contributed by atoms with Crippen molar-refractivity contribution in [2.75, 3.05) is 19.6 Å². The normalized spacial score (nSPS) is 21.1. The monoisotopic (exact) mass is 424 g/mol. The number of hydrogen-bond donors (Lipinski definition) is 1. The molecule has 2 aromatic rings. The van der Waals surface area contributed by atoms with E-state index in [4.69, 9.17) is 14.3 Å². The standard InChI is InChI=1S/C24H28N2O5/c1-16(19-9-24(10-19)14-26(15-24)23(28)29)31-22-13-30-20(8-21(22)27)12-25-7-6-17-4-2-3-5-18(17)11-25/h2-5,8,13,16,19H,6-7,9-12,14-15H2,1H3,(H,28,29). The lowest BCUT2D eigenvalue weighted by Gasteiger charge is -2.59. The molecule has 0 bridgehead atoms. The molecule has 1 aliphatic carbocycles. The van der Waals surface area contributed by atoms with Crippen LogP contribution in [-0.2, 0) is 19.5 Å². The molecule has 164 valence electrons. The first-order chi connectivity index (χ1) is 14.9. The van der Waals surface area contributed by atoms with Gasteiger partial charge in [0, 0.05) is 37.7 Å². The lowest BCUT2D eigenvalue weighted by Crippen LogP contribution is -2.64. The summed E-state index contributed by atoms with van der Waals surface area (Å²) >= 11 is 0. The van der Waals surface area contributed by atoms with Crippen molar-refractivity contribution < 1.29 is 19.1 Å². The molecule has 1 N–H and O–H groups in total. The van der Waals surface area contributed by atoms with Gasteiger partial charge in [0.1, 0.15) is 12.0 Å². The lowest BCUT2D eigenvalue weighted by molar-refractivity contribution is -0.105. The van der Waals surface area contributed by atoms with E-state index in [-0.39, 0.29) is 22.7 Å². The van der Waals surface area contributed by atoms with Gasteiger partial charge in [-0.25, -0.2) is 4.79 Å². The van der Waals surface area contributed by atoms with E-state index in [1.54, 1.807) is 6.07 Å². The predicted molar refractivity (Wildman–Crippen MR) is 114 cm³/mol. The quantitative estimate of drug-likeness (QED) is 0.793. The summed E-state index contributed by atoms with van der Waals surface area (Å²) in [7, 11) is 0. The highest BCUT2D eigenvalue weighted by atomic mass is 16.5. The number of benzene rings is 1. The Morgan fingerprint density at radius 1 is 1.29 bits per heavy atom. The second-order valence-electron chi connectivity index (χ2n) is 9.43. The Morgan fingerprint density at radius 3 is 2.74 bits per heavy atom.